The first-order chi connectivity index (χ1) is 17.4. The van der Waals surface area contributed by atoms with Gasteiger partial charge in [-0.05, 0) is 51.9 Å². The number of nitrogens with zero attached hydrogens (tertiary/aromatic N) is 2. The van der Waals surface area contributed by atoms with Gasteiger partial charge in [-0.3, -0.25) is 4.79 Å². The molecule has 0 aromatic carbocycles. The number of aromatic nitrogens is 1. The molecule has 0 radical (unpaired) electrons. The maximum atomic E-state index is 12.9. The lowest BCUT2D eigenvalue weighted by Crippen LogP contribution is -2.48. The standard InChI is InChI=1S/C25H38N4O6S/c1-3-33-25(32)35-16(2)34-23(30)18-4-6-19(7-5-18)27-24(31)29-14-10-17(11-15-29)22-28-20-8-12-26-13-9-21(20)36-22/h16-19,26H,3-15H2,1-2H3,(H,27,31). The topological polar surface area (TPSA) is 119 Å². The van der Waals surface area contributed by atoms with Gasteiger partial charge in [-0.1, -0.05) is 0 Å². The van der Waals surface area contributed by atoms with Crippen molar-refractivity contribution in [3.63, 3.8) is 0 Å². The number of urea groups is 1. The van der Waals surface area contributed by atoms with E-state index < -0.39 is 12.4 Å². The second kappa shape index (κ2) is 12.7. The Kier molecular flexibility index (Phi) is 9.41. The summed E-state index contributed by atoms with van der Waals surface area (Å²) in [5, 5.41) is 7.83. The van der Waals surface area contributed by atoms with E-state index in [-0.39, 0.29) is 30.6 Å². The summed E-state index contributed by atoms with van der Waals surface area (Å²) in [5.74, 6) is -0.198. The molecule has 1 aromatic heterocycles. The van der Waals surface area contributed by atoms with Crippen LogP contribution in [0, 0.1) is 5.92 Å². The Morgan fingerprint density at radius 3 is 2.53 bits per heavy atom. The summed E-state index contributed by atoms with van der Waals surface area (Å²) in [6.07, 6.45) is 4.81. The first kappa shape index (κ1) is 26.7. The number of rotatable bonds is 6. The lowest BCUT2D eigenvalue weighted by atomic mass is 9.86. The molecule has 2 N–H and O–H groups in total. The van der Waals surface area contributed by atoms with E-state index in [1.165, 1.54) is 22.5 Å². The summed E-state index contributed by atoms with van der Waals surface area (Å²) in [6.45, 7) is 6.86. The average Bonchev–Trinajstić information content (AvgIpc) is 3.14. The number of likely N-dealkylation sites (tertiary alicyclic amines) is 1. The van der Waals surface area contributed by atoms with Crippen LogP contribution in [-0.2, 0) is 31.8 Å². The number of thiazole rings is 1. The van der Waals surface area contributed by atoms with Crippen molar-refractivity contribution in [3.05, 3.63) is 15.6 Å². The molecular formula is C25H38N4O6S. The summed E-state index contributed by atoms with van der Waals surface area (Å²) in [7, 11) is 0. The van der Waals surface area contributed by atoms with Crippen LogP contribution < -0.4 is 10.6 Å². The number of hydrogen-bond donors (Lipinski definition) is 2. The molecule has 36 heavy (non-hydrogen) atoms. The highest BCUT2D eigenvalue weighted by Crippen LogP contribution is 2.34. The van der Waals surface area contributed by atoms with Crippen LogP contribution in [0.1, 0.15) is 73.9 Å². The van der Waals surface area contributed by atoms with E-state index in [1.807, 2.05) is 16.2 Å². The van der Waals surface area contributed by atoms with E-state index >= 15 is 0 Å². The summed E-state index contributed by atoms with van der Waals surface area (Å²) < 4.78 is 14.8. The van der Waals surface area contributed by atoms with Crippen molar-refractivity contribution in [1.82, 2.24) is 20.5 Å². The number of piperidine rings is 1. The molecule has 2 amide bonds. The van der Waals surface area contributed by atoms with Gasteiger partial charge in [0.25, 0.3) is 0 Å². The molecule has 4 rings (SSSR count). The molecule has 1 aromatic rings. The van der Waals surface area contributed by atoms with E-state index in [0.29, 0.717) is 31.6 Å². The monoisotopic (exact) mass is 522 g/mol. The normalized spacial score (nSPS) is 23.7. The highest BCUT2D eigenvalue weighted by atomic mass is 32.1. The molecular weight excluding hydrogens is 484 g/mol. The van der Waals surface area contributed by atoms with Gasteiger partial charge in [0, 0.05) is 56.4 Å². The molecule has 1 aliphatic carbocycles. The molecule has 0 spiro atoms. The van der Waals surface area contributed by atoms with E-state index in [2.05, 4.69) is 15.4 Å². The molecule has 1 saturated carbocycles. The Morgan fingerprint density at radius 2 is 1.81 bits per heavy atom. The number of amides is 2. The molecule has 1 unspecified atom stereocenters. The van der Waals surface area contributed by atoms with Crippen LogP contribution in [0.4, 0.5) is 9.59 Å². The van der Waals surface area contributed by atoms with Crippen molar-refractivity contribution < 1.29 is 28.6 Å². The minimum absolute atomic E-state index is 0.0167. The summed E-state index contributed by atoms with van der Waals surface area (Å²) >= 11 is 1.87. The number of nitrogens with one attached hydrogen (secondary N) is 2. The number of ether oxygens (including phenoxy) is 3. The molecule has 11 heteroatoms. The fourth-order valence-corrected chi connectivity index (χ4v) is 6.42. The van der Waals surface area contributed by atoms with E-state index in [4.69, 9.17) is 14.5 Å². The number of esters is 1. The zero-order chi connectivity index (χ0) is 25.5. The quantitative estimate of drug-likeness (QED) is 0.431. The smallest absolute Gasteiger partial charge is 0.435 e. The maximum absolute atomic E-state index is 12.9. The van der Waals surface area contributed by atoms with Crippen LogP contribution in [0.5, 0.6) is 0 Å². The Hall–Kier alpha value is -2.40. The van der Waals surface area contributed by atoms with Gasteiger partial charge in [0.1, 0.15) is 0 Å². The van der Waals surface area contributed by atoms with Crippen LogP contribution in [0.2, 0.25) is 0 Å². The van der Waals surface area contributed by atoms with Crippen LogP contribution in [0.25, 0.3) is 0 Å². The van der Waals surface area contributed by atoms with E-state index in [1.54, 1.807) is 6.92 Å². The van der Waals surface area contributed by atoms with Crippen molar-refractivity contribution >= 4 is 29.5 Å². The van der Waals surface area contributed by atoms with Gasteiger partial charge in [0.05, 0.1) is 23.2 Å². The van der Waals surface area contributed by atoms with Gasteiger partial charge in [0.2, 0.25) is 6.29 Å². The van der Waals surface area contributed by atoms with Crippen LogP contribution >= 0.6 is 11.3 Å². The highest BCUT2D eigenvalue weighted by molar-refractivity contribution is 7.11. The van der Waals surface area contributed by atoms with Gasteiger partial charge in [-0.15, -0.1) is 11.3 Å². The third kappa shape index (κ3) is 7.09. The number of carbonyl (C=O) groups is 3. The Labute approximate surface area is 216 Å². The summed E-state index contributed by atoms with van der Waals surface area (Å²) in [4.78, 5) is 44.9. The largest absolute Gasteiger partial charge is 0.511 e. The van der Waals surface area contributed by atoms with Crippen LogP contribution in [0.15, 0.2) is 0 Å². The zero-order valence-corrected chi connectivity index (χ0v) is 22.1. The molecule has 0 bridgehead atoms. The predicted molar refractivity (Wildman–Crippen MR) is 134 cm³/mol. The molecule has 10 nitrogen and oxygen atoms in total. The molecule has 1 saturated heterocycles. The second-order valence-corrected chi connectivity index (χ2v) is 10.9. The molecule has 1 atom stereocenters. The van der Waals surface area contributed by atoms with Crippen molar-refractivity contribution in [1.29, 1.82) is 0 Å². The molecule has 200 valence electrons. The van der Waals surface area contributed by atoms with E-state index in [9.17, 15) is 14.4 Å². The lowest BCUT2D eigenvalue weighted by molar-refractivity contribution is -0.173. The minimum atomic E-state index is -0.992. The highest BCUT2D eigenvalue weighted by Gasteiger charge is 2.32. The van der Waals surface area contributed by atoms with Crippen LogP contribution in [-0.4, -0.2) is 73.2 Å². The first-order valence-corrected chi connectivity index (χ1v) is 14.0. The molecule has 3 heterocycles. The second-order valence-electron chi connectivity index (χ2n) is 9.74. The van der Waals surface area contributed by atoms with Crippen molar-refractivity contribution in [2.24, 2.45) is 5.92 Å². The SMILES string of the molecule is CCOC(=O)OC(C)OC(=O)C1CCC(NC(=O)N2CCC(c3nc4c(s3)CCNCC4)CC2)CC1. The van der Waals surface area contributed by atoms with Gasteiger partial charge < -0.3 is 29.7 Å². The third-order valence-corrected chi connectivity index (χ3v) is 8.51. The Bertz CT molecular complexity index is 885. The fourth-order valence-electron chi connectivity index (χ4n) is 5.14. The average molecular weight is 523 g/mol. The number of hydrogen-bond acceptors (Lipinski definition) is 9. The Balaban J connectivity index is 1.16. The maximum Gasteiger partial charge on any atom is 0.511 e. The molecule has 3 aliphatic rings. The fraction of sp³-hybridized carbons (Fsp3) is 0.760. The third-order valence-electron chi connectivity index (χ3n) is 7.19. The van der Waals surface area contributed by atoms with Crippen LogP contribution in [0.3, 0.4) is 0 Å². The predicted octanol–water partition coefficient (Wildman–Crippen LogP) is 3.34. The van der Waals surface area contributed by atoms with Crippen molar-refractivity contribution in [2.75, 3.05) is 32.8 Å². The number of fused-ring (bicyclic) bond motifs is 1. The minimum Gasteiger partial charge on any atom is -0.435 e. The first-order valence-electron chi connectivity index (χ1n) is 13.2. The van der Waals surface area contributed by atoms with Gasteiger partial charge in [-0.25, -0.2) is 14.6 Å². The van der Waals surface area contributed by atoms with Gasteiger partial charge in [0.15, 0.2) is 0 Å². The Morgan fingerprint density at radius 1 is 1.08 bits per heavy atom. The number of carbonyl (C=O) groups excluding carboxylic acids is 3. The molecule has 2 aliphatic heterocycles. The summed E-state index contributed by atoms with van der Waals surface area (Å²) in [6, 6.07) is 0.0349. The van der Waals surface area contributed by atoms with Crippen molar-refractivity contribution in [3.8, 4) is 0 Å². The lowest BCUT2D eigenvalue weighted by Gasteiger charge is -2.34. The van der Waals surface area contributed by atoms with Crippen molar-refractivity contribution in [2.45, 2.75) is 83.5 Å². The summed E-state index contributed by atoms with van der Waals surface area (Å²) in [5.41, 5.74) is 1.26. The van der Waals surface area contributed by atoms with Gasteiger partial charge >= 0.3 is 18.2 Å². The van der Waals surface area contributed by atoms with Gasteiger partial charge in [-0.2, -0.15) is 0 Å². The molecule has 2 fully saturated rings. The zero-order valence-electron chi connectivity index (χ0n) is 21.3. The van der Waals surface area contributed by atoms with E-state index in [0.717, 1.165) is 51.9 Å².